The van der Waals surface area contributed by atoms with Crippen LogP contribution >= 0.6 is 0 Å². The molecule has 1 N–H and O–H groups in total. The van der Waals surface area contributed by atoms with Crippen LogP contribution in [-0.4, -0.2) is 49.1 Å². The third-order valence-corrected chi connectivity index (χ3v) is 3.83. The molecule has 1 aliphatic carbocycles. The van der Waals surface area contributed by atoms with Crippen molar-refractivity contribution in [3.05, 3.63) is 41.5 Å². The van der Waals surface area contributed by atoms with E-state index in [4.69, 9.17) is 4.74 Å². The van der Waals surface area contributed by atoms with Gasteiger partial charge in [0.1, 0.15) is 0 Å². The van der Waals surface area contributed by atoms with Gasteiger partial charge in [0.05, 0.1) is 13.2 Å². The van der Waals surface area contributed by atoms with E-state index in [1.165, 1.54) is 0 Å². The van der Waals surface area contributed by atoms with E-state index in [1.54, 1.807) is 29.2 Å². The van der Waals surface area contributed by atoms with Crippen molar-refractivity contribution in [1.82, 2.24) is 10.2 Å². The lowest BCUT2D eigenvalue weighted by Crippen LogP contribution is -2.39. The Morgan fingerprint density at radius 2 is 1.82 bits per heavy atom. The normalized spacial score (nSPS) is 18.5. The largest absolute Gasteiger partial charge is 0.378 e. The van der Waals surface area contributed by atoms with Gasteiger partial charge in [-0.3, -0.25) is 9.59 Å². The Bertz CT molecular complexity index is 570. The molecule has 0 spiro atoms. The first kappa shape index (κ1) is 14.8. The molecule has 2 aliphatic rings. The highest BCUT2D eigenvalue weighted by atomic mass is 16.5. The Morgan fingerprint density at radius 3 is 2.45 bits per heavy atom. The average molecular weight is 300 g/mol. The van der Waals surface area contributed by atoms with Crippen LogP contribution in [0.25, 0.3) is 6.08 Å². The average Bonchev–Trinajstić information content (AvgIpc) is 3.38. The SMILES string of the molecule is O=C(NC1CC1)c1ccc(/C=C/C(=O)N2CCOCC2)cc1. The Kier molecular flexibility index (Phi) is 4.53. The number of rotatable bonds is 4. The van der Waals surface area contributed by atoms with Crippen molar-refractivity contribution in [3.8, 4) is 0 Å². The van der Waals surface area contributed by atoms with Gasteiger partial charge in [-0.1, -0.05) is 12.1 Å². The zero-order valence-corrected chi connectivity index (χ0v) is 12.5. The van der Waals surface area contributed by atoms with Crippen molar-refractivity contribution in [1.29, 1.82) is 0 Å². The standard InChI is InChI=1S/C17H20N2O3/c20-16(19-9-11-22-12-10-19)8-3-13-1-4-14(5-2-13)17(21)18-15-6-7-15/h1-5,8,15H,6-7,9-12H2,(H,18,21)/b8-3+. The molecule has 1 saturated heterocycles. The van der Waals surface area contributed by atoms with E-state index in [1.807, 2.05) is 12.1 Å². The summed E-state index contributed by atoms with van der Waals surface area (Å²) in [5, 5.41) is 2.95. The van der Waals surface area contributed by atoms with Crippen LogP contribution in [-0.2, 0) is 9.53 Å². The molecule has 0 aromatic heterocycles. The maximum atomic E-state index is 12.0. The Morgan fingerprint density at radius 1 is 1.14 bits per heavy atom. The minimum Gasteiger partial charge on any atom is -0.378 e. The summed E-state index contributed by atoms with van der Waals surface area (Å²) in [5.41, 5.74) is 1.56. The first-order valence-electron chi connectivity index (χ1n) is 7.68. The van der Waals surface area contributed by atoms with E-state index >= 15 is 0 Å². The van der Waals surface area contributed by atoms with Crippen molar-refractivity contribution >= 4 is 17.9 Å². The number of amides is 2. The molecule has 1 aliphatic heterocycles. The van der Waals surface area contributed by atoms with Crippen LogP contribution in [0.4, 0.5) is 0 Å². The topological polar surface area (TPSA) is 58.6 Å². The predicted octanol–water partition coefficient (Wildman–Crippen LogP) is 1.45. The molecule has 0 radical (unpaired) electrons. The monoisotopic (exact) mass is 300 g/mol. The number of morpholine rings is 1. The van der Waals surface area contributed by atoms with Gasteiger partial charge in [0.25, 0.3) is 5.91 Å². The molecule has 0 bridgehead atoms. The second-order valence-electron chi connectivity index (χ2n) is 5.64. The van der Waals surface area contributed by atoms with Gasteiger partial charge >= 0.3 is 0 Å². The van der Waals surface area contributed by atoms with E-state index in [9.17, 15) is 9.59 Å². The third-order valence-electron chi connectivity index (χ3n) is 3.83. The molecule has 2 amide bonds. The lowest BCUT2D eigenvalue weighted by Gasteiger charge is -2.25. The van der Waals surface area contributed by atoms with E-state index in [2.05, 4.69) is 5.32 Å². The fourth-order valence-electron chi connectivity index (χ4n) is 2.30. The summed E-state index contributed by atoms with van der Waals surface area (Å²) >= 11 is 0. The minimum atomic E-state index is -0.0255. The van der Waals surface area contributed by atoms with Crippen molar-refractivity contribution in [2.24, 2.45) is 0 Å². The summed E-state index contributed by atoms with van der Waals surface area (Å²) in [6.45, 7) is 2.49. The van der Waals surface area contributed by atoms with E-state index in [-0.39, 0.29) is 11.8 Å². The van der Waals surface area contributed by atoms with E-state index in [0.717, 1.165) is 18.4 Å². The highest BCUT2D eigenvalue weighted by molar-refractivity contribution is 5.95. The number of nitrogens with one attached hydrogen (secondary N) is 1. The Balaban J connectivity index is 1.56. The van der Waals surface area contributed by atoms with Gasteiger partial charge in [-0.15, -0.1) is 0 Å². The number of hydrogen-bond acceptors (Lipinski definition) is 3. The van der Waals surface area contributed by atoms with Crippen molar-refractivity contribution in [3.63, 3.8) is 0 Å². The second kappa shape index (κ2) is 6.75. The van der Waals surface area contributed by atoms with Gasteiger partial charge in [0.15, 0.2) is 0 Å². The van der Waals surface area contributed by atoms with E-state index < -0.39 is 0 Å². The van der Waals surface area contributed by atoms with Gasteiger partial charge in [-0.05, 0) is 36.6 Å². The minimum absolute atomic E-state index is 0.00106. The van der Waals surface area contributed by atoms with Crippen LogP contribution in [0.1, 0.15) is 28.8 Å². The number of ether oxygens (including phenoxy) is 1. The molecule has 5 nitrogen and oxygen atoms in total. The summed E-state index contributed by atoms with van der Waals surface area (Å²) < 4.78 is 5.22. The maximum absolute atomic E-state index is 12.0. The summed E-state index contributed by atoms with van der Waals surface area (Å²) in [5.74, 6) is -0.0266. The third kappa shape index (κ3) is 3.95. The van der Waals surface area contributed by atoms with Crippen LogP contribution < -0.4 is 5.32 Å². The van der Waals surface area contributed by atoms with Gasteiger partial charge < -0.3 is 15.0 Å². The number of carbonyl (C=O) groups is 2. The van der Waals surface area contributed by atoms with Crippen LogP contribution in [0.3, 0.4) is 0 Å². The number of nitrogens with zero attached hydrogens (tertiary/aromatic N) is 1. The molecule has 116 valence electrons. The first-order valence-corrected chi connectivity index (χ1v) is 7.68. The van der Waals surface area contributed by atoms with E-state index in [0.29, 0.717) is 37.9 Å². The molecule has 0 atom stereocenters. The van der Waals surface area contributed by atoms with Crippen LogP contribution in [0.2, 0.25) is 0 Å². The van der Waals surface area contributed by atoms with Crippen molar-refractivity contribution in [2.75, 3.05) is 26.3 Å². The number of benzene rings is 1. The lowest BCUT2D eigenvalue weighted by atomic mass is 10.1. The molecule has 1 saturated carbocycles. The molecular formula is C17H20N2O3. The number of hydrogen-bond donors (Lipinski definition) is 1. The summed E-state index contributed by atoms with van der Waals surface area (Å²) in [7, 11) is 0. The van der Waals surface area contributed by atoms with Gasteiger partial charge in [-0.25, -0.2) is 0 Å². The highest BCUT2D eigenvalue weighted by Crippen LogP contribution is 2.19. The molecule has 0 unspecified atom stereocenters. The lowest BCUT2D eigenvalue weighted by molar-refractivity contribution is -0.129. The molecule has 1 aromatic carbocycles. The summed E-state index contributed by atoms with van der Waals surface area (Å²) in [4.78, 5) is 25.6. The molecule has 1 aromatic rings. The highest BCUT2D eigenvalue weighted by Gasteiger charge is 2.23. The van der Waals surface area contributed by atoms with Crippen LogP contribution in [0.5, 0.6) is 0 Å². The van der Waals surface area contributed by atoms with Crippen molar-refractivity contribution < 1.29 is 14.3 Å². The van der Waals surface area contributed by atoms with Crippen molar-refractivity contribution in [2.45, 2.75) is 18.9 Å². The Labute approximate surface area is 129 Å². The smallest absolute Gasteiger partial charge is 0.251 e. The van der Waals surface area contributed by atoms with Gasteiger partial charge in [0.2, 0.25) is 5.91 Å². The molecule has 2 fully saturated rings. The van der Waals surface area contributed by atoms with Crippen LogP contribution in [0, 0.1) is 0 Å². The molecule has 22 heavy (non-hydrogen) atoms. The molecule has 5 heteroatoms. The molecule has 1 heterocycles. The Hall–Kier alpha value is -2.14. The molecular weight excluding hydrogens is 280 g/mol. The van der Waals surface area contributed by atoms with Crippen LogP contribution in [0.15, 0.2) is 30.3 Å². The maximum Gasteiger partial charge on any atom is 0.251 e. The van der Waals surface area contributed by atoms with Gasteiger partial charge in [-0.2, -0.15) is 0 Å². The first-order chi connectivity index (χ1) is 10.7. The summed E-state index contributed by atoms with van der Waals surface area (Å²) in [6.07, 6.45) is 5.51. The zero-order chi connectivity index (χ0) is 15.4. The number of carbonyl (C=O) groups excluding carboxylic acids is 2. The quantitative estimate of drug-likeness (QED) is 0.856. The second-order valence-corrected chi connectivity index (χ2v) is 5.64. The predicted molar refractivity (Wildman–Crippen MR) is 83.4 cm³/mol. The fraction of sp³-hybridized carbons (Fsp3) is 0.412. The summed E-state index contributed by atoms with van der Waals surface area (Å²) in [6, 6.07) is 7.64. The molecule has 3 rings (SSSR count). The van der Waals surface area contributed by atoms with Gasteiger partial charge in [0, 0.05) is 30.8 Å². The zero-order valence-electron chi connectivity index (χ0n) is 12.5. The fourth-order valence-corrected chi connectivity index (χ4v) is 2.30.